The molecule has 0 saturated carbocycles. The van der Waals surface area contributed by atoms with Crippen LogP contribution in [0.3, 0.4) is 0 Å². The maximum absolute atomic E-state index is 12.0. The molecule has 2 rings (SSSR count). The lowest BCUT2D eigenvalue weighted by molar-refractivity contribution is -0.129. The van der Waals surface area contributed by atoms with Crippen molar-refractivity contribution in [1.82, 2.24) is 14.9 Å². The van der Waals surface area contributed by atoms with Crippen molar-refractivity contribution in [1.29, 1.82) is 0 Å². The Morgan fingerprint density at radius 2 is 2.22 bits per heavy atom. The van der Waals surface area contributed by atoms with E-state index in [1.54, 1.807) is 42.2 Å². The van der Waals surface area contributed by atoms with Gasteiger partial charge in [0.1, 0.15) is 0 Å². The molecule has 1 fully saturated rings. The van der Waals surface area contributed by atoms with E-state index >= 15 is 0 Å². The number of anilines is 1. The summed E-state index contributed by atoms with van der Waals surface area (Å²) in [7, 11) is 1.78. The summed E-state index contributed by atoms with van der Waals surface area (Å²) in [6, 6.07) is 1.73. The maximum Gasteiger partial charge on any atom is 0.242 e. The lowest BCUT2D eigenvalue weighted by Crippen LogP contribution is -2.40. The van der Waals surface area contributed by atoms with Crippen LogP contribution in [0.15, 0.2) is 18.5 Å². The SMILES string of the molecule is CN(CC(=O)N1CCC(C)(O)C1)c1ncccn1. The molecule has 0 aromatic carbocycles. The van der Waals surface area contributed by atoms with Gasteiger partial charge in [0.15, 0.2) is 0 Å². The first-order chi connectivity index (χ1) is 8.48. The molecule has 1 N–H and O–H groups in total. The molecule has 1 aliphatic rings. The molecular weight excluding hydrogens is 232 g/mol. The monoisotopic (exact) mass is 250 g/mol. The molecule has 1 atom stereocenters. The molecule has 1 unspecified atom stereocenters. The Labute approximate surface area is 106 Å². The maximum atomic E-state index is 12.0. The summed E-state index contributed by atoms with van der Waals surface area (Å²) in [4.78, 5) is 23.6. The third-order valence-corrected chi connectivity index (χ3v) is 3.07. The number of carbonyl (C=O) groups is 1. The standard InChI is InChI=1S/C12H18N4O2/c1-12(18)4-7-16(9-12)10(17)8-15(2)11-13-5-3-6-14-11/h3,5-6,18H,4,7-9H2,1-2H3. The summed E-state index contributed by atoms with van der Waals surface area (Å²) >= 11 is 0. The van der Waals surface area contributed by atoms with Gasteiger partial charge in [0.2, 0.25) is 11.9 Å². The van der Waals surface area contributed by atoms with Gasteiger partial charge in [0, 0.05) is 32.5 Å². The van der Waals surface area contributed by atoms with Crippen LogP contribution in [0.5, 0.6) is 0 Å². The highest BCUT2D eigenvalue weighted by Crippen LogP contribution is 2.20. The third kappa shape index (κ3) is 2.95. The van der Waals surface area contributed by atoms with E-state index in [4.69, 9.17) is 0 Å². The zero-order valence-electron chi connectivity index (χ0n) is 10.7. The lowest BCUT2D eigenvalue weighted by Gasteiger charge is -2.22. The summed E-state index contributed by atoms with van der Waals surface area (Å²) in [5, 5.41) is 9.83. The van der Waals surface area contributed by atoms with E-state index in [0.717, 1.165) is 0 Å². The Morgan fingerprint density at radius 3 is 2.78 bits per heavy atom. The number of carbonyl (C=O) groups excluding carboxylic acids is 1. The second-order valence-corrected chi connectivity index (χ2v) is 4.97. The van der Waals surface area contributed by atoms with Gasteiger partial charge in [0.25, 0.3) is 0 Å². The number of amides is 1. The number of nitrogens with zero attached hydrogens (tertiary/aromatic N) is 4. The minimum Gasteiger partial charge on any atom is -0.388 e. The number of hydrogen-bond donors (Lipinski definition) is 1. The van der Waals surface area contributed by atoms with Crippen molar-refractivity contribution in [2.45, 2.75) is 18.9 Å². The molecule has 0 spiro atoms. The third-order valence-electron chi connectivity index (χ3n) is 3.07. The average Bonchev–Trinajstić information content (AvgIpc) is 2.71. The van der Waals surface area contributed by atoms with Crippen LogP contribution < -0.4 is 4.90 Å². The van der Waals surface area contributed by atoms with Crippen molar-refractivity contribution in [3.05, 3.63) is 18.5 Å². The quantitative estimate of drug-likeness (QED) is 0.811. The van der Waals surface area contributed by atoms with Crippen molar-refractivity contribution >= 4 is 11.9 Å². The summed E-state index contributed by atoms with van der Waals surface area (Å²) < 4.78 is 0. The van der Waals surface area contributed by atoms with Gasteiger partial charge in [-0.25, -0.2) is 9.97 Å². The predicted molar refractivity (Wildman–Crippen MR) is 67.1 cm³/mol. The van der Waals surface area contributed by atoms with Crippen LogP contribution in [-0.2, 0) is 4.79 Å². The number of likely N-dealkylation sites (tertiary alicyclic amines) is 1. The Hall–Kier alpha value is -1.69. The fourth-order valence-electron chi connectivity index (χ4n) is 2.02. The van der Waals surface area contributed by atoms with Crippen molar-refractivity contribution < 1.29 is 9.90 Å². The Morgan fingerprint density at radius 1 is 1.56 bits per heavy atom. The van der Waals surface area contributed by atoms with E-state index in [2.05, 4.69) is 9.97 Å². The first kappa shape index (κ1) is 12.8. The highest BCUT2D eigenvalue weighted by Gasteiger charge is 2.34. The van der Waals surface area contributed by atoms with Gasteiger partial charge in [-0.1, -0.05) is 0 Å². The second kappa shape index (κ2) is 4.89. The molecular formula is C12H18N4O2. The van der Waals surface area contributed by atoms with Gasteiger partial charge in [-0.15, -0.1) is 0 Å². The second-order valence-electron chi connectivity index (χ2n) is 4.97. The molecule has 1 saturated heterocycles. The first-order valence-corrected chi connectivity index (χ1v) is 5.96. The summed E-state index contributed by atoms with van der Waals surface area (Å²) in [6.07, 6.45) is 3.91. The van der Waals surface area contributed by atoms with Gasteiger partial charge in [-0.2, -0.15) is 0 Å². The minimum absolute atomic E-state index is 0.0114. The van der Waals surface area contributed by atoms with E-state index in [0.29, 0.717) is 25.5 Å². The molecule has 0 bridgehead atoms. The van der Waals surface area contributed by atoms with Crippen molar-refractivity contribution in [3.8, 4) is 0 Å². The van der Waals surface area contributed by atoms with E-state index in [1.807, 2.05) is 0 Å². The van der Waals surface area contributed by atoms with Crippen molar-refractivity contribution in [2.75, 3.05) is 31.6 Å². The minimum atomic E-state index is -0.753. The van der Waals surface area contributed by atoms with Gasteiger partial charge < -0.3 is 14.9 Å². The lowest BCUT2D eigenvalue weighted by atomic mass is 10.1. The molecule has 0 aliphatic carbocycles. The van der Waals surface area contributed by atoms with Crippen LogP contribution in [0.2, 0.25) is 0 Å². The molecule has 18 heavy (non-hydrogen) atoms. The zero-order chi connectivity index (χ0) is 13.2. The molecule has 0 radical (unpaired) electrons. The molecule has 98 valence electrons. The molecule has 1 aromatic heterocycles. The fourth-order valence-corrected chi connectivity index (χ4v) is 2.02. The zero-order valence-corrected chi connectivity index (χ0v) is 10.7. The molecule has 6 heteroatoms. The van der Waals surface area contributed by atoms with Crippen molar-refractivity contribution in [3.63, 3.8) is 0 Å². The molecule has 1 aromatic rings. The topological polar surface area (TPSA) is 69.6 Å². The smallest absolute Gasteiger partial charge is 0.242 e. The average molecular weight is 250 g/mol. The Kier molecular flexibility index (Phi) is 3.47. The molecule has 6 nitrogen and oxygen atoms in total. The molecule has 1 amide bonds. The van der Waals surface area contributed by atoms with Gasteiger partial charge >= 0.3 is 0 Å². The van der Waals surface area contributed by atoms with Gasteiger partial charge in [-0.3, -0.25) is 4.79 Å². The summed E-state index contributed by atoms with van der Waals surface area (Å²) in [5.74, 6) is 0.513. The fraction of sp³-hybridized carbons (Fsp3) is 0.583. The number of rotatable bonds is 3. The normalized spacial score (nSPS) is 23.2. The molecule has 1 aliphatic heterocycles. The number of likely N-dealkylation sites (N-methyl/N-ethyl adjacent to an activating group) is 1. The van der Waals surface area contributed by atoms with Crippen LogP contribution in [0.4, 0.5) is 5.95 Å². The summed E-state index contributed by atoms with van der Waals surface area (Å²) in [6.45, 7) is 2.98. The number of aliphatic hydroxyl groups is 1. The predicted octanol–water partition coefficient (Wildman–Crippen LogP) is -0.104. The van der Waals surface area contributed by atoms with Gasteiger partial charge in [0.05, 0.1) is 12.1 Å². The number of β-amino-alcohol motifs (C(OH)–C–C–N with tert-alkyl or cyclic N) is 1. The Bertz CT molecular complexity index is 421. The number of aromatic nitrogens is 2. The van der Waals surface area contributed by atoms with E-state index in [-0.39, 0.29) is 12.5 Å². The Balaban J connectivity index is 1.92. The first-order valence-electron chi connectivity index (χ1n) is 5.96. The van der Waals surface area contributed by atoms with Crippen LogP contribution in [0.1, 0.15) is 13.3 Å². The van der Waals surface area contributed by atoms with Crippen molar-refractivity contribution in [2.24, 2.45) is 0 Å². The highest BCUT2D eigenvalue weighted by atomic mass is 16.3. The molecule has 2 heterocycles. The van der Waals surface area contributed by atoms with E-state index in [9.17, 15) is 9.90 Å². The van der Waals surface area contributed by atoms with E-state index < -0.39 is 5.60 Å². The van der Waals surface area contributed by atoms with Crippen LogP contribution >= 0.6 is 0 Å². The highest BCUT2D eigenvalue weighted by molar-refractivity contribution is 5.81. The largest absolute Gasteiger partial charge is 0.388 e. The summed E-state index contributed by atoms with van der Waals surface area (Å²) in [5.41, 5.74) is -0.753. The van der Waals surface area contributed by atoms with Crippen LogP contribution in [0, 0.1) is 0 Å². The van der Waals surface area contributed by atoms with Crippen LogP contribution in [-0.4, -0.2) is 58.2 Å². The van der Waals surface area contributed by atoms with Gasteiger partial charge in [-0.05, 0) is 19.4 Å². The van der Waals surface area contributed by atoms with Crippen LogP contribution in [0.25, 0.3) is 0 Å². The number of hydrogen-bond acceptors (Lipinski definition) is 5. The van der Waals surface area contributed by atoms with E-state index in [1.165, 1.54) is 0 Å².